The summed E-state index contributed by atoms with van der Waals surface area (Å²) in [5, 5.41) is 10.3. The van der Waals surface area contributed by atoms with E-state index in [0.29, 0.717) is 12.1 Å². The molecule has 0 aliphatic carbocycles. The summed E-state index contributed by atoms with van der Waals surface area (Å²) in [6.07, 6.45) is 1.59. The third kappa shape index (κ3) is 5.94. The van der Waals surface area contributed by atoms with Crippen LogP contribution >= 0.6 is 0 Å². The molecule has 2 N–H and O–H groups in total. The first-order valence-electron chi connectivity index (χ1n) is 9.57. The lowest BCUT2D eigenvalue weighted by atomic mass is 9.98. The van der Waals surface area contributed by atoms with E-state index in [2.05, 4.69) is 15.7 Å². The van der Waals surface area contributed by atoms with Gasteiger partial charge >= 0.3 is 0 Å². The van der Waals surface area contributed by atoms with Crippen LogP contribution in [0.15, 0.2) is 36.4 Å². The van der Waals surface area contributed by atoms with E-state index in [1.807, 2.05) is 56.6 Å². The lowest BCUT2D eigenvalue weighted by molar-refractivity contribution is -0.124. The van der Waals surface area contributed by atoms with Gasteiger partial charge in [0.2, 0.25) is 5.91 Å². The monoisotopic (exact) mass is 370 g/mol. The van der Waals surface area contributed by atoms with E-state index in [1.165, 1.54) is 0 Å². The predicted molar refractivity (Wildman–Crippen MR) is 106 cm³/mol. The summed E-state index contributed by atoms with van der Waals surface area (Å²) in [6.45, 7) is 9.29. The van der Waals surface area contributed by atoms with Crippen molar-refractivity contribution < 1.29 is 9.59 Å². The zero-order valence-electron chi connectivity index (χ0n) is 16.7. The molecule has 2 amide bonds. The number of amides is 2. The van der Waals surface area contributed by atoms with E-state index in [4.69, 9.17) is 0 Å². The average molecular weight is 370 g/mol. The number of rotatable bonds is 9. The SMILES string of the molecule is CC[C@H](C)[C@@H](NC(=O)c1ccccc1)C(=O)NCCCn1nc(C)cc1C. The molecule has 1 aromatic carbocycles. The first-order valence-corrected chi connectivity index (χ1v) is 9.57. The van der Waals surface area contributed by atoms with Crippen LogP contribution in [0.25, 0.3) is 0 Å². The smallest absolute Gasteiger partial charge is 0.251 e. The summed E-state index contributed by atoms with van der Waals surface area (Å²) < 4.78 is 1.95. The molecule has 1 heterocycles. The third-order valence-electron chi connectivity index (χ3n) is 4.77. The molecule has 6 heteroatoms. The topological polar surface area (TPSA) is 76.0 Å². The van der Waals surface area contributed by atoms with E-state index in [0.717, 1.165) is 30.8 Å². The Labute approximate surface area is 161 Å². The zero-order chi connectivity index (χ0) is 19.8. The maximum absolute atomic E-state index is 12.6. The second-order valence-corrected chi connectivity index (χ2v) is 7.00. The Hall–Kier alpha value is -2.63. The number of nitrogens with one attached hydrogen (secondary N) is 2. The van der Waals surface area contributed by atoms with Crippen molar-refractivity contribution >= 4 is 11.8 Å². The van der Waals surface area contributed by atoms with Gasteiger partial charge in [-0.1, -0.05) is 38.5 Å². The van der Waals surface area contributed by atoms with E-state index in [9.17, 15) is 9.59 Å². The van der Waals surface area contributed by atoms with Gasteiger partial charge in [0.1, 0.15) is 6.04 Å². The minimum absolute atomic E-state index is 0.0497. The van der Waals surface area contributed by atoms with E-state index >= 15 is 0 Å². The first-order chi connectivity index (χ1) is 12.9. The van der Waals surface area contributed by atoms with Crippen molar-refractivity contribution in [3.05, 3.63) is 53.3 Å². The summed E-state index contributed by atoms with van der Waals surface area (Å²) >= 11 is 0. The molecule has 146 valence electrons. The molecular formula is C21H30N4O2. The maximum atomic E-state index is 12.6. The quantitative estimate of drug-likeness (QED) is 0.667. The van der Waals surface area contributed by atoms with Gasteiger partial charge in [0.05, 0.1) is 5.69 Å². The molecule has 0 spiro atoms. The van der Waals surface area contributed by atoms with Crippen molar-refractivity contribution in [3.8, 4) is 0 Å². The summed E-state index contributed by atoms with van der Waals surface area (Å²) in [5.41, 5.74) is 2.67. The number of benzene rings is 1. The normalized spacial score (nSPS) is 13.0. The van der Waals surface area contributed by atoms with Crippen LogP contribution in [0.5, 0.6) is 0 Å². The summed E-state index contributed by atoms with van der Waals surface area (Å²) in [6, 6.07) is 10.5. The van der Waals surface area contributed by atoms with Crippen molar-refractivity contribution in [2.45, 2.75) is 53.1 Å². The molecule has 27 heavy (non-hydrogen) atoms. The summed E-state index contributed by atoms with van der Waals surface area (Å²) in [7, 11) is 0. The Balaban J connectivity index is 1.88. The Kier molecular flexibility index (Phi) is 7.58. The highest BCUT2D eigenvalue weighted by Crippen LogP contribution is 2.10. The molecule has 2 atom stereocenters. The molecule has 0 saturated heterocycles. The highest BCUT2D eigenvalue weighted by atomic mass is 16.2. The number of carbonyl (C=O) groups excluding carboxylic acids is 2. The molecular weight excluding hydrogens is 340 g/mol. The molecule has 2 rings (SSSR count). The van der Waals surface area contributed by atoms with Crippen LogP contribution in [0.2, 0.25) is 0 Å². The number of aromatic nitrogens is 2. The van der Waals surface area contributed by atoms with Crippen LogP contribution < -0.4 is 10.6 Å². The Morgan fingerprint density at radius 3 is 2.48 bits per heavy atom. The van der Waals surface area contributed by atoms with Crippen molar-refractivity contribution in [2.75, 3.05) is 6.54 Å². The van der Waals surface area contributed by atoms with Crippen molar-refractivity contribution in [1.29, 1.82) is 0 Å². The largest absolute Gasteiger partial charge is 0.354 e. The van der Waals surface area contributed by atoms with Gasteiger partial charge in [0, 0.05) is 24.3 Å². The molecule has 0 saturated carbocycles. The molecule has 0 unspecified atom stereocenters. The van der Waals surface area contributed by atoms with Gasteiger partial charge in [-0.15, -0.1) is 0 Å². The number of aryl methyl sites for hydroxylation is 3. The zero-order valence-corrected chi connectivity index (χ0v) is 16.7. The summed E-state index contributed by atoms with van der Waals surface area (Å²) in [5.74, 6) is -0.311. The highest BCUT2D eigenvalue weighted by molar-refractivity contribution is 5.97. The van der Waals surface area contributed by atoms with Crippen molar-refractivity contribution in [3.63, 3.8) is 0 Å². The number of hydrogen-bond acceptors (Lipinski definition) is 3. The second-order valence-electron chi connectivity index (χ2n) is 7.00. The fourth-order valence-electron chi connectivity index (χ4n) is 2.97. The van der Waals surface area contributed by atoms with Gasteiger partial charge in [0.25, 0.3) is 5.91 Å². The Morgan fingerprint density at radius 2 is 1.89 bits per heavy atom. The number of carbonyl (C=O) groups is 2. The van der Waals surface area contributed by atoms with Gasteiger partial charge in [-0.25, -0.2) is 0 Å². The van der Waals surface area contributed by atoms with Crippen LogP contribution in [-0.2, 0) is 11.3 Å². The predicted octanol–water partition coefficient (Wildman–Crippen LogP) is 2.85. The molecule has 2 aromatic rings. The molecule has 0 bridgehead atoms. The van der Waals surface area contributed by atoms with E-state index < -0.39 is 6.04 Å². The molecule has 0 aliphatic rings. The highest BCUT2D eigenvalue weighted by Gasteiger charge is 2.25. The minimum atomic E-state index is -0.545. The molecule has 6 nitrogen and oxygen atoms in total. The van der Waals surface area contributed by atoms with E-state index in [-0.39, 0.29) is 17.7 Å². The van der Waals surface area contributed by atoms with Crippen LogP contribution in [0, 0.1) is 19.8 Å². The van der Waals surface area contributed by atoms with Gasteiger partial charge in [-0.05, 0) is 44.4 Å². The maximum Gasteiger partial charge on any atom is 0.251 e. The van der Waals surface area contributed by atoms with Crippen LogP contribution in [-0.4, -0.2) is 34.2 Å². The minimum Gasteiger partial charge on any atom is -0.354 e. The molecule has 1 aromatic heterocycles. The third-order valence-corrected chi connectivity index (χ3v) is 4.77. The van der Waals surface area contributed by atoms with Gasteiger partial charge in [-0.3, -0.25) is 14.3 Å². The van der Waals surface area contributed by atoms with Gasteiger partial charge in [-0.2, -0.15) is 5.10 Å². The van der Waals surface area contributed by atoms with Gasteiger partial charge < -0.3 is 10.6 Å². The fraction of sp³-hybridized carbons (Fsp3) is 0.476. The first kappa shape index (κ1) is 20.7. The van der Waals surface area contributed by atoms with E-state index in [1.54, 1.807) is 12.1 Å². The Bertz CT molecular complexity index is 755. The standard InChI is InChI=1S/C21H30N4O2/c1-5-15(2)19(23-20(26)18-10-7-6-8-11-18)21(27)22-12-9-13-25-17(4)14-16(3)24-25/h6-8,10-11,14-15,19H,5,9,12-13H2,1-4H3,(H,22,27)(H,23,26)/t15-,19+/m0/s1. The molecule has 0 radical (unpaired) electrons. The van der Waals surface area contributed by atoms with Crippen LogP contribution in [0.3, 0.4) is 0 Å². The number of nitrogens with zero attached hydrogens (tertiary/aromatic N) is 2. The van der Waals surface area contributed by atoms with Gasteiger partial charge in [0.15, 0.2) is 0 Å². The number of hydrogen-bond donors (Lipinski definition) is 2. The molecule has 0 fully saturated rings. The average Bonchev–Trinajstić information content (AvgIpc) is 3.00. The lowest BCUT2D eigenvalue weighted by Crippen LogP contribution is -2.50. The van der Waals surface area contributed by atoms with Crippen LogP contribution in [0.4, 0.5) is 0 Å². The second kappa shape index (κ2) is 9.90. The fourth-order valence-corrected chi connectivity index (χ4v) is 2.97. The van der Waals surface area contributed by atoms with Crippen molar-refractivity contribution in [2.24, 2.45) is 5.92 Å². The lowest BCUT2D eigenvalue weighted by Gasteiger charge is -2.23. The van der Waals surface area contributed by atoms with Crippen LogP contribution in [0.1, 0.15) is 48.4 Å². The molecule has 0 aliphatic heterocycles. The summed E-state index contributed by atoms with van der Waals surface area (Å²) in [4.78, 5) is 25.1. The Morgan fingerprint density at radius 1 is 1.19 bits per heavy atom. The van der Waals surface area contributed by atoms with Crippen molar-refractivity contribution in [1.82, 2.24) is 20.4 Å².